The zero-order valence-electron chi connectivity index (χ0n) is 14.4. The van der Waals surface area contributed by atoms with Gasteiger partial charge in [0.2, 0.25) is 5.91 Å². The summed E-state index contributed by atoms with van der Waals surface area (Å²) < 4.78 is 24.5. The zero-order chi connectivity index (χ0) is 19.6. The number of benzene rings is 2. The molecule has 0 radical (unpaired) electrons. The number of sulfone groups is 1. The van der Waals surface area contributed by atoms with Crippen molar-refractivity contribution in [1.29, 1.82) is 0 Å². The number of hydrogen-bond donors (Lipinski definition) is 2. The van der Waals surface area contributed by atoms with Crippen molar-refractivity contribution < 1.29 is 13.2 Å². The van der Waals surface area contributed by atoms with E-state index in [1.54, 1.807) is 30.3 Å². The first kappa shape index (κ1) is 18.6. The van der Waals surface area contributed by atoms with Crippen LogP contribution in [0.3, 0.4) is 0 Å². The first-order chi connectivity index (χ1) is 12.8. The molecule has 8 nitrogen and oxygen atoms in total. The molecule has 3 rings (SSSR count). The smallest absolute Gasteiger partial charge is 0.326 e. The molecule has 0 aliphatic rings. The first-order valence-electron chi connectivity index (χ1n) is 8.07. The fourth-order valence-corrected chi connectivity index (χ4v) is 3.37. The summed E-state index contributed by atoms with van der Waals surface area (Å²) in [6.45, 7) is 0.0632. The van der Waals surface area contributed by atoms with Gasteiger partial charge in [-0.15, -0.1) is 0 Å². The molecule has 0 aliphatic carbocycles. The number of nitrogens with zero attached hydrogens (tertiary/aromatic N) is 1. The molecule has 1 aromatic heterocycles. The SMILES string of the molecule is CS(=O)(=O)c1cccc(NC(=O)CCn2c(=O)[nH]c(=O)c3ccccc32)c1. The van der Waals surface area contributed by atoms with Gasteiger partial charge in [-0.1, -0.05) is 18.2 Å². The number of nitrogens with one attached hydrogen (secondary N) is 2. The minimum absolute atomic E-state index is 0.0287. The number of para-hydroxylation sites is 1. The highest BCUT2D eigenvalue weighted by Gasteiger charge is 2.11. The van der Waals surface area contributed by atoms with Crippen LogP contribution < -0.4 is 16.6 Å². The van der Waals surface area contributed by atoms with Crippen LogP contribution in [0, 0.1) is 0 Å². The molecule has 0 unspecified atom stereocenters. The Hall–Kier alpha value is -3.20. The molecule has 2 aromatic carbocycles. The molecule has 9 heteroatoms. The van der Waals surface area contributed by atoms with Crippen molar-refractivity contribution in [3.8, 4) is 0 Å². The van der Waals surface area contributed by atoms with Crippen molar-refractivity contribution in [2.75, 3.05) is 11.6 Å². The number of carbonyl (C=O) groups is 1. The van der Waals surface area contributed by atoms with E-state index >= 15 is 0 Å². The molecule has 140 valence electrons. The second kappa shape index (κ2) is 7.20. The molecule has 0 bridgehead atoms. The number of fused-ring (bicyclic) bond motifs is 1. The highest BCUT2D eigenvalue weighted by atomic mass is 32.2. The maximum atomic E-state index is 12.2. The van der Waals surface area contributed by atoms with Crippen molar-refractivity contribution >= 4 is 32.3 Å². The molecule has 0 atom stereocenters. The Morgan fingerprint density at radius 3 is 2.59 bits per heavy atom. The molecule has 0 saturated heterocycles. The van der Waals surface area contributed by atoms with E-state index in [1.807, 2.05) is 0 Å². The molecule has 2 N–H and O–H groups in total. The molecule has 27 heavy (non-hydrogen) atoms. The van der Waals surface area contributed by atoms with Crippen molar-refractivity contribution in [1.82, 2.24) is 9.55 Å². The summed E-state index contributed by atoms with van der Waals surface area (Å²) in [5, 5.41) is 2.97. The Kier molecular flexibility index (Phi) is 4.95. The maximum absolute atomic E-state index is 12.2. The molecule has 0 aliphatic heterocycles. The Morgan fingerprint density at radius 2 is 1.85 bits per heavy atom. The average Bonchev–Trinajstić information content (AvgIpc) is 2.61. The van der Waals surface area contributed by atoms with E-state index in [9.17, 15) is 22.8 Å². The minimum atomic E-state index is -3.38. The zero-order valence-corrected chi connectivity index (χ0v) is 15.2. The van der Waals surface area contributed by atoms with Gasteiger partial charge in [0.25, 0.3) is 5.56 Å². The van der Waals surface area contributed by atoms with Crippen LogP contribution in [0.4, 0.5) is 5.69 Å². The van der Waals surface area contributed by atoms with Crippen LogP contribution in [0.2, 0.25) is 0 Å². The fraction of sp³-hybridized carbons (Fsp3) is 0.167. The van der Waals surface area contributed by atoms with Gasteiger partial charge in [-0.3, -0.25) is 19.1 Å². The lowest BCUT2D eigenvalue weighted by Gasteiger charge is -2.10. The number of aromatic amines is 1. The summed E-state index contributed by atoms with van der Waals surface area (Å²) in [5.74, 6) is -0.386. The van der Waals surface area contributed by atoms with E-state index in [0.29, 0.717) is 16.6 Å². The summed E-state index contributed by atoms with van der Waals surface area (Å²) in [4.78, 5) is 38.5. The molecule has 0 fully saturated rings. The van der Waals surface area contributed by atoms with Gasteiger partial charge in [0, 0.05) is 24.9 Å². The number of aryl methyl sites for hydroxylation is 1. The minimum Gasteiger partial charge on any atom is -0.326 e. The van der Waals surface area contributed by atoms with E-state index in [0.717, 1.165) is 6.26 Å². The van der Waals surface area contributed by atoms with Crippen LogP contribution in [0.15, 0.2) is 63.0 Å². The monoisotopic (exact) mass is 387 g/mol. The number of carbonyl (C=O) groups excluding carboxylic acids is 1. The van der Waals surface area contributed by atoms with E-state index < -0.39 is 21.1 Å². The predicted octanol–water partition coefficient (Wildman–Crippen LogP) is 1.12. The number of aromatic nitrogens is 2. The van der Waals surface area contributed by atoms with Crippen LogP contribution in [0.5, 0.6) is 0 Å². The molecule has 3 aromatic rings. The topological polar surface area (TPSA) is 118 Å². The van der Waals surface area contributed by atoms with Crippen molar-refractivity contribution in [2.24, 2.45) is 0 Å². The summed E-state index contributed by atoms with van der Waals surface area (Å²) in [7, 11) is -3.38. The molecule has 0 saturated carbocycles. The Balaban J connectivity index is 1.79. The van der Waals surface area contributed by atoms with Gasteiger partial charge in [-0.2, -0.15) is 0 Å². The lowest BCUT2D eigenvalue weighted by Crippen LogP contribution is -2.31. The van der Waals surface area contributed by atoms with Crippen LogP contribution in [0.1, 0.15) is 6.42 Å². The summed E-state index contributed by atoms with van der Waals surface area (Å²) in [6.07, 6.45) is 1.06. The lowest BCUT2D eigenvalue weighted by molar-refractivity contribution is -0.116. The van der Waals surface area contributed by atoms with Crippen molar-refractivity contribution in [3.63, 3.8) is 0 Å². The average molecular weight is 387 g/mol. The molecular weight excluding hydrogens is 370 g/mol. The van der Waals surface area contributed by atoms with Crippen LogP contribution in [-0.2, 0) is 21.2 Å². The summed E-state index contributed by atoms with van der Waals surface area (Å²) >= 11 is 0. The standard InChI is InChI=1S/C18H17N3O5S/c1-27(25,26)13-6-4-5-12(11-13)19-16(22)9-10-21-15-8-3-2-7-14(15)17(23)20-18(21)24/h2-8,11H,9-10H2,1H3,(H,19,22)(H,20,23,24). The highest BCUT2D eigenvalue weighted by molar-refractivity contribution is 7.90. The fourth-order valence-electron chi connectivity index (χ4n) is 2.71. The van der Waals surface area contributed by atoms with Crippen molar-refractivity contribution in [2.45, 2.75) is 17.9 Å². The van der Waals surface area contributed by atoms with Crippen LogP contribution >= 0.6 is 0 Å². The van der Waals surface area contributed by atoms with Crippen molar-refractivity contribution in [3.05, 3.63) is 69.4 Å². The number of hydrogen-bond acceptors (Lipinski definition) is 5. The third kappa shape index (κ3) is 4.14. The second-order valence-corrected chi connectivity index (χ2v) is 8.04. The maximum Gasteiger partial charge on any atom is 0.328 e. The van der Waals surface area contributed by atoms with Gasteiger partial charge in [-0.25, -0.2) is 13.2 Å². The van der Waals surface area contributed by atoms with Gasteiger partial charge in [0.1, 0.15) is 0 Å². The Morgan fingerprint density at radius 1 is 1.11 bits per heavy atom. The summed E-state index contributed by atoms with van der Waals surface area (Å²) in [5.41, 5.74) is -0.279. The lowest BCUT2D eigenvalue weighted by atomic mass is 10.2. The second-order valence-electron chi connectivity index (χ2n) is 6.03. The predicted molar refractivity (Wildman–Crippen MR) is 102 cm³/mol. The van der Waals surface area contributed by atoms with E-state index in [2.05, 4.69) is 10.3 Å². The third-order valence-corrected chi connectivity index (χ3v) is 5.12. The van der Waals surface area contributed by atoms with Crippen LogP contribution in [0.25, 0.3) is 10.9 Å². The number of anilines is 1. The van der Waals surface area contributed by atoms with Gasteiger partial charge in [0.15, 0.2) is 9.84 Å². The molecule has 0 spiro atoms. The molecule has 1 amide bonds. The van der Waals surface area contributed by atoms with E-state index in [-0.39, 0.29) is 23.8 Å². The molecular formula is C18H17N3O5S. The van der Waals surface area contributed by atoms with E-state index in [1.165, 1.54) is 22.8 Å². The van der Waals surface area contributed by atoms with Gasteiger partial charge in [-0.05, 0) is 30.3 Å². The Labute approximate surface area is 154 Å². The Bertz CT molecular complexity index is 1240. The highest BCUT2D eigenvalue weighted by Crippen LogP contribution is 2.15. The number of rotatable bonds is 5. The van der Waals surface area contributed by atoms with E-state index in [4.69, 9.17) is 0 Å². The number of H-pyrrole nitrogens is 1. The van der Waals surface area contributed by atoms with Gasteiger partial charge in [0.05, 0.1) is 15.8 Å². The molecule has 1 heterocycles. The normalized spacial score (nSPS) is 11.4. The summed E-state index contributed by atoms with van der Waals surface area (Å²) in [6, 6.07) is 12.6. The third-order valence-electron chi connectivity index (χ3n) is 4.01. The van der Waals surface area contributed by atoms with Gasteiger partial charge < -0.3 is 5.32 Å². The van der Waals surface area contributed by atoms with Gasteiger partial charge >= 0.3 is 5.69 Å². The quantitative estimate of drug-likeness (QED) is 0.680. The number of amides is 1. The largest absolute Gasteiger partial charge is 0.328 e. The first-order valence-corrected chi connectivity index (χ1v) is 9.97. The van der Waals surface area contributed by atoms with Crippen LogP contribution in [-0.4, -0.2) is 30.1 Å².